The third-order valence-electron chi connectivity index (χ3n) is 1.04. The van der Waals surface area contributed by atoms with Crippen molar-refractivity contribution in [2.75, 3.05) is 0 Å². The molecule has 0 fully saturated rings. The average Bonchev–Trinajstić information content (AvgIpc) is 2.14. The molecule has 0 aliphatic carbocycles. The smallest absolute Gasteiger partial charge is 0.181 e. The van der Waals surface area contributed by atoms with E-state index in [0.717, 1.165) is 11.5 Å². The van der Waals surface area contributed by atoms with Gasteiger partial charge in [0.05, 0.1) is 5.69 Å². The zero-order valence-corrected chi connectivity index (χ0v) is 4.72. The molecule has 0 aliphatic heterocycles. The fourth-order valence-electron chi connectivity index (χ4n) is 0.524. The maximum atomic E-state index is 5.27. The van der Waals surface area contributed by atoms with E-state index in [1.165, 1.54) is 6.39 Å². The Balaban J connectivity index is 2.92. The van der Waals surface area contributed by atoms with Gasteiger partial charge in [0.15, 0.2) is 6.39 Å². The van der Waals surface area contributed by atoms with Crippen molar-refractivity contribution < 1.29 is 4.42 Å². The van der Waals surface area contributed by atoms with Crippen molar-refractivity contribution in [3.05, 3.63) is 17.8 Å². The second kappa shape index (κ2) is 1.96. The summed E-state index contributed by atoms with van der Waals surface area (Å²) in [6, 6.07) is 0. The van der Waals surface area contributed by atoms with E-state index in [0.29, 0.717) is 6.54 Å². The van der Waals surface area contributed by atoms with Crippen molar-refractivity contribution in [3.63, 3.8) is 0 Å². The molecule has 1 rings (SSSR count). The second-order valence-electron chi connectivity index (χ2n) is 1.56. The molecule has 0 saturated heterocycles. The first-order valence-electron chi connectivity index (χ1n) is 2.43. The molecule has 3 heteroatoms. The Kier molecular flexibility index (Phi) is 1.30. The predicted molar refractivity (Wildman–Crippen MR) is 29.1 cm³/mol. The maximum Gasteiger partial charge on any atom is 0.181 e. The molecule has 1 aromatic heterocycles. The van der Waals surface area contributed by atoms with Crippen LogP contribution in [0.5, 0.6) is 0 Å². The third-order valence-corrected chi connectivity index (χ3v) is 1.04. The second-order valence-corrected chi connectivity index (χ2v) is 1.56. The lowest BCUT2D eigenvalue weighted by molar-refractivity contribution is 0.524. The zero-order chi connectivity index (χ0) is 5.98. The van der Waals surface area contributed by atoms with Gasteiger partial charge in [-0.25, -0.2) is 4.98 Å². The molecule has 0 amide bonds. The van der Waals surface area contributed by atoms with Crippen molar-refractivity contribution in [1.82, 2.24) is 4.98 Å². The molecule has 0 unspecified atom stereocenters. The fourth-order valence-corrected chi connectivity index (χ4v) is 0.524. The van der Waals surface area contributed by atoms with E-state index in [2.05, 4.69) is 4.98 Å². The van der Waals surface area contributed by atoms with Gasteiger partial charge >= 0.3 is 0 Å². The monoisotopic (exact) mass is 112 g/mol. The van der Waals surface area contributed by atoms with E-state index in [1.807, 2.05) is 6.92 Å². The highest BCUT2D eigenvalue weighted by molar-refractivity contribution is 5.03. The summed E-state index contributed by atoms with van der Waals surface area (Å²) in [6.07, 6.45) is 1.40. The Labute approximate surface area is 47.5 Å². The summed E-state index contributed by atoms with van der Waals surface area (Å²) in [5, 5.41) is 0. The molecular weight excluding hydrogens is 104 g/mol. The van der Waals surface area contributed by atoms with Crippen molar-refractivity contribution in [3.8, 4) is 0 Å². The van der Waals surface area contributed by atoms with Gasteiger partial charge in [-0.05, 0) is 6.92 Å². The van der Waals surface area contributed by atoms with Crippen LogP contribution in [0, 0.1) is 6.92 Å². The first-order chi connectivity index (χ1) is 3.84. The van der Waals surface area contributed by atoms with Crippen molar-refractivity contribution in [2.24, 2.45) is 5.73 Å². The molecule has 3 nitrogen and oxygen atoms in total. The summed E-state index contributed by atoms with van der Waals surface area (Å²) in [6.45, 7) is 2.30. The van der Waals surface area contributed by atoms with Crippen LogP contribution in [-0.2, 0) is 6.54 Å². The number of rotatable bonds is 1. The Bertz CT molecular complexity index is 171. The van der Waals surface area contributed by atoms with Crippen LogP contribution in [0.4, 0.5) is 0 Å². The minimum absolute atomic E-state index is 0.461. The normalized spacial score (nSPS) is 9.75. The van der Waals surface area contributed by atoms with Crippen molar-refractivity contribution in [2.45, 2.75) is 13.5 Å². The fraction of sp³-hybridized carbons (Fsp3) is 0.400. The molecule has 8 heavy (non-hydrogen) atoms. The number of nitrogens with two attached hydrogens (primary N) is 1. The molecule has 0 spiro atoms. The van der Waals surface area contributed by atoms with Gasteiger partial charge < -0.3 is 10.2 Å². The van der Waals surface area contributed by atoms with Gasteiger partial charge in [-0.1, -0.05) is 0 Å². The van der Waals surface area contributed by atoms with E-state index < -0.39 is 0 Å². The number of nitrogens with zero attached hydrogens (tertiary/aromatic N) is 1. The van der Waals surface area contributed by atoms with Crippen LogP contribution in [-0.4, -0.2) is 4.98 Å². The summed E-state index contributed by atoms with van der Waals surface area (Å²) < 4.78 is 4.86. The minimum atomic E-state index is 0.461. The highest BCUT2D eigenvalue weighted by atomic mass is 16.3. The molecule has 44 valence electrons. The quantitative estimate of drug-likeness (QED) is 0.573. The first-order valence-corrected chi connectivity index (χ1v) is 2.43. The topological polar surface area (TPSA) is 52.0 Å². The average molecular weight is 112 g/mol. The van der Waals surface area contributed by atoms with Gasteiger partial charge in [-0.15, -0.1) is 0 Å². The molecule has 0 bridgehead atoms. The zero-order valence-electron chi connectivity index (χ0n) is 4.72. The van der Waals surface area contributed by atoms with E-state index in [1.54, 1.807) is 0 Å². The molecule has 0 radical (unpaired) electrons. The SMILES string of the molecule is Cc1ocnc1CN. The lowest BCUT2D eigenvalue weighted by atomic mass is 10.4. The Morgan fingerprint density at radius 1 is 1.88 bits per heavy atom. The molecule has 0 saturated carbocycles. The molecular formula is C5H8N2O. The van der Waals surface area contributed by atoms with Gasteiger partial charge in [0, 0.05) is 6.54 Å². The number of hydrogen-bond acceptors (Lipinski definition) is 3. The molecule has 0 atom stereocenters. The summed E-state index contributed by atoms with van der Waals surface area (Å²) in [5.74, 6) is 0.813. The number of hydrogen-bond donors (Lipinski definition) is 1. The van der Waals surface area contributed by atoms with Crippen molar-refractivity contribution in [1.29, 1.82) is 0 Å². The van der Waals surface area contributed by atoms with Gasteiger partial charge in [-0.3, -0.25) is 0 Å². The van der Waals surface area contributed by atoms with E-state index in [9.17, 15) is 0 Å². The predicted octanol–water partition coefficient (Wildman–Crippen LogP) is 0.442. The van der Waals surface area contributed by atoms with Crippen LogP contribution in [0.25, 0.3) is 0 Å². The highest BCUT2D eigenvalue weighted by Crippen LogP contribution is 2.01. The van der Waals surface area contributed by atoms with Crippen LogP contribution in [0.3, 0.4) is 0 Å². The number of aryl methyl sites for hydroxylation is 1. The highest BCUT2D eigenvalue weighted by Gasteiger charge is 1.96. The molecule has 1 aromatic rings. The Morgan fingerprint density at radius 3 is 2.88 bits per heavy atom. The summed E-state index contributed by atoms with van der Waals surface area (Å²) >= 11 is 0. The summed E-state index contributed by atoms with van der Waals surface area (Å²) in [5.41, 5.74) is 6.11. The number of aromatic nitrogens is 1. The van der Waals surface area contributed by atoms with Crippen LogP contribution < -0.4 is 5.73 Å². The minimum Gasteiger partial charge on any atom is -0.448 e. The van der Waals surface area contributed by atoms with Crippen LogP contribution in [0.1, 0.15) is 11.5 Å². The lowest BCUT2D eigenvalue weighted by Gasteiger charge is -1.84. The molecule has 1 heterocycles. The standard InChI is InChI=1S/C5H8N2O/c1-4-5(2-6)7-3-8-4/h3H,2,6H2,1H3. The van der Waals surface area contributed by atoms with Crippen LogP contribution in [0.15, 0.2) is 10.8 Å². The summed E-state index contributed by atoms with van der Waals surface area (Å²) in [4.78, 5) is 3.84. The number of oxazole rings is 1. The van der Waals surface area contributed by atoms with Gasteiger partial charge in [-0.2, -0.15) is 0 Å². The van der Waals surface area contributed by atoms with E-state index in [4.69, 9.17) is 10.2 Å². The summed E-state index contributed by atoms with van der Waals surface area (Å²) in [7, 11) is 0. The lowest BCUT2D eigenvalue weighted by Crippen LogP contribution is -1.97. The maximum absolute atomic E-state index is 5.27. The molecule has 0 aromatic carbocycles. The van der Waals surface area contributed by atoms with Gasteiger partial charge in [0.25, 0.3) is 0 Å². The third kappa shape index (κ3) is 0.721. The van der Waals surface area contributed by atoms with E-state index >= 15 is 0 Å². The molecule has 0 aliphatic rings. The first kappa shape index (κ1) is 5.31. The largest absolute Gasteiger partial charge is 0.448 e. The van der Waals surface area contributed by atoms with Crippen molar-refractivity contribution >= 4 is 0 Å². The van der Waals surface area contributed by atoms with Crippen LogP contribution in [0.2, 0.25) is 0 Å². The molecule has 2 N–H and O–H groups in total. The van der Waals surface area contributed by atoms with Gasteiger partial charge in [0.2, 0.25) is 0 Å². The van der Waals surface area contributed by atoms with Gasteiger partial charge in [0.1, 0.15) is 5.76 Å². The Morgan fingerprint density at radius 2 is 2.62 bits per heavy atom. The Hall–Kier alpha value is -0.830. The van der Waals surface area contributed by atoms with Crippen LogP contribution >= 0.6 is 0 Å². The van der Waals surface area contributed by atoms with E-state index in [-0.39, 0.29) is 0 Å².